The summed E-state index contributed by atoms with van der Waals surface area (Å²) in [7, 11) is 1.17. The van der Waals surface area contributed by atoms with Crippen molar-refractivity contribution in [2.75, 3.05) is 11.1 Å². The molecule has 1 N–H and O–H groups in total. The number of nitrogens with one attached hydrogen (secondary N) is 1. The van der Waals surface area contributed by atoms with Crippen molar-refractivity contribution >= 4 is 35.0 Å². The number of halogens is 4. The lowest BCUT2D eigenvalue weighted by atomic mass is 10.2. The third-order valence-electron chi connectivity index (χ3n) is 2.79. The van der Waals surface area contributed by atoms with Crippen molar-refractivity contribution in [2.24, 2.45) is 7.05 Å². The average Bonchev–Trinajstić information content (AvgIpc) is 2.86. The minimum absolute atomic E-state index is 0.0321. The molecule has 0 radical (unpaired) electrons. The minimum atomic E-state index is -4.61. The standard InChI is InChI=1S/C13H9ClF3N5OS/c1-22-11(13(15,16)17)20-21-12(22)24-6-10(23)19-8-3-2-7(5-18)9(14)4-8/h2-4H,6H2,1H3,(H,19,23). The fourth-order valence-electron chi connectivity index (χ4n) is 1.70. The molecule has 126 valence electrons. The molecule has 0 spiro atoms. The first-order valence-electron chi connectivity index (χ1n) is 6.31. The number of benzene rings is 1. The zero-order valence-corrected chi connectivity index (χ0v) is 13.6. The first-order valence-corrected chi connectivity index (χ1v) is 7.67. The van der Waals surface area contributed by atoms with Gasteiger partial charge in [-0.3, -0.25) is 4.79 Å². The van der Waals surface area contributed by atoms with Crippen LogP contribution < -0.4 is 5.32 Å². The number of amides is 1. The third-order valence-corrected chi connectivity index (χ3v) is 4.13. The van der Waals surface area contributed by atoms with E-state index in [0.29, 0.717) is 5.69 Å². The van der Waals surface area contributed by atoms with Crippen LogP contribution >= 0.6 is 23.4 Å². The Morgan fingerprint density at radius 1 is 1.46 bits per heavy atom. The van der Waals surface area contributed by atoms with E-state index in [1.54, 1.807) is 0 Å². The Labute approximate surface area is 143 Å². The Morgan fingerprint density at radius 2 is 2.17 bits per heavy atom. The number of aromatic nitrogens is 3. The molecular weight excluding hydrogens is 367 g/mol. The molecule has 0 saturated carbocycles. The lowest BCUT2D eigenvalue weighted by Gasteiger charge is -2.07. The fraction of sp³-hybridized carbons (Fsp3) is 0.231. The van der Waals surface area contributed by atoms with Crippen LogP contribution in [0.2, 0.25) is 5.02 Å². The maximum atomic E-state index is 12.6. The summed E-state index contributed by atoms with van der Waals surface area (Å²) in [5.41, 5.74) is 0.640. The van der Waals surface area contributed by atoms with Crippen molar-refractivity contribution in [2.45, 2.75) is 11.3 Å². The number of hydrogen-bond donors (Lipinski definition) is 1. The molecule has 1 heterocycles. The Morgan fingerprint density at radius 3 is 2.71 bits per heavy atom. The van der Waals surface area contributed by atoms with E-state index in [9.17, 15) is 18.0 Å². The second-order valence-corrected chi connectivity index (χ2v) is 5.86. The minimum Gasteiger partial charge on any atom is -0.325 e. The molecular formula is C13H9ClF3N5OS. The number of anilines is 1. The second-order valence-electron chi connectivity index (χ2n) is 4.51. The van der Waals surface area contributed by atoms with Gasteiger partial charge >= 0.3 is 6.18 Å². The Balaban J connectivity index is 1.98. The van der Waals surface area contributed by atoms with Gasteiger partial charge in [0, 0.05) is 12.7 Å². The predicted molar refractivity (Wildman–Crippen MR) is 81.5 cm³/mol. The normalized spacial score (nSPS) is 11.2. The monoisotopic (exact) mass is 375 g/mol. The van der Waals surface area contributed by atoms with Crippen LogP contribution in [0.4, 0.5) is 18.9 Å². The molecule has 24 heavy (non-hydrogen) atoms. The molecule has 0 atom stereocenters. The van der Waals surface area contributed by atoms with Crippen molar-refractivity contribution in [3.05, 3.63) is 34.6 Å². The highest BCUT2D eigenvalue weighted by molar-refractivity contribution is 7.99. The van der Waals surface area contributed by atoms with Crippen molar-refractivity contribution in [3.63, 3.8) is 0 Å². The van der Waals surface area contributed by atoms with Crippen LogP contribution in [-0.2, 0) is 18.0 Å². The van der Waals surface area contributed by atoms with E-state index in [1.807, 2.05) is 6.07 Å². The van der Waals surface area contributed by atoms with Gasteiger partial charge in [-0.1, -0.05) is 23.4 Å². The van der Waals surface area contributed by atoms with Gasteiger partial charge < -0.3 is 9.88 Å². The van der Waals surface area contributed by atoms with Crippen LogP contribution in [0.5, 0.6) is 0 Å². The van der Waals surface area contributed by atoms with Crippen LogP contribution in [0, 0.1) is 11.3 Å². The molecule has 1 aromatic carbocycles. The largest absolute Gasteiger partial charge is 0.451 e. The van der Waals surface area contributed by atoms with E-state index in [-0.39, 0.29) is 21.5 Å². The molecule has 0 bridgehead atoms. The number of nitriles is 1. The van der Waals surface area contributed by atoms with E-state index >= 15 is 0 Å². The van der Waals surface area contributed by atoms with Crippen molar-refractivity contribution in [3.8, 4) is 6.07 Å². The fourth-order valence-corrected chi connectivity index (χ4v) is 2.63. The lowest BCUT2D eigenvalue weighted by Crippen LogP contribution is -2.15. The summed E-state index contributed by atoms with van der Waals surface area (Å²) in [6.45, 7) is 0. The van der Waals surface area contributed by atoms with E-state index in [2.05, 4.69) is 15.5 Å². The maximum Gasteiger partial charge on any atom is 0.451 e. The summed E-state index contributed by atoms with van der Waals surface area (Å²) in [6.07, 6.45) is -4.61. The van der Waals surface area contributed by atoms with E-state index in [4.69, 9.17) is 16.9 Å². The third kappa shape index (κ3) is 4.18. The lowest BCUT2D eigenvalue weighted by molar-refractivity contribution is -0.147. The molecule has 1 aromatic heterocycles. The molecule has 2 rings (SSSR count). The number of carbonyl (C=O) groups excluding carboxylic acids is 1. The molecule has 6 nitrogen and oxygen atoms in total. The molecule has 0 fully saturated rings. The first kappa shape index (κ1) is 18.1. The molecule has 0 unspecified atom stereocenters. The molecule has 0 aliphatic heterocycles. The summed E-state index contributed by atoms with van der Waals surface area (Å²) in [4.78, 5) is 11.8. The SMILES string of the molecule is Cn1c(SCC(=O)Nc2ccc(C#N)c(Cl)c2)nnc1C(F)(F)F. The van der Waals surface area contributed by atoms with Gasteiger partial charge in [0.15, 0.2) is 5.16 Å². The molecule has 0 aliphatic rings. The molecule has 0 saturated heterocycles. The van der Waals surface area contributed by atoms with Crippen LogP contribution in [0.3, 0.4) is 0 Å². The van der Waals surface area contributed by atoms with Gasteiger partial charge in [-0.05, 0) is 18.2 Å². The van der Waals surface area contributed by atoms with Gasteiger partial charge in [-0.2, -0.15) is 18.4 Å². The topological polar surface area (TPSA) is 83.6 Å². The van der Waals surface area contributed by atoms with E-state index in [1.165, 1.54) is 25.2 Å². The van der Waals surface area contributed by atoms with Gasteiger partial charge in [-0.25, -0.2) is 0 Å². The number of carbonyl (C=O) groups is 1. The number of nitrogens with zero attached hydrogens (tertiary/aromatic N) is 4. The number of rotatable bonds is 4. The van der Waals surface area contributed by atoms with Gasteiger partial charge in [0.25, 0.3) is 0 Å². The summed E-state index contributed by atoms with van der Waals surface area (Å²) >= 11 is 6.66. The van der Waals surface area contributed by atoms with Crippen LogP contribution in [0.1, 0.15) is 11.4 Å². The van der Waals surface area contributed by atoms with Gasteiger partial charge in [0.1, 0.15) is 6.07 Å². The predicted octanol–water partition coefficient (Wildman–Crippen LogP) is 3.09. The van der Waals surface area contributed by atoms with Gasteiger partial charge in [-0.15, -0.1) is 10.2 Å². The van der Waals surface area contributed by atoms with Crippen molar-refractivity contribution < 1.29 is 18.0 Å². The van der Waals surface area contributed by atoms with Crippen LogP contribution in [0.25, 0.3) is 0 Å². The summed E-state index contributed by atoms with van der Waals surface area (Å²) in [5, 5.41) is 17.9. The molecule has 0 aliphatic carbocycles. The van der Waals surface area contributed by atoms with Crippen molar-refractivity contribution in [1.82, 2.24) is 14.8 Å². The Kier molecular flexibility index (Phi) is 5.36. The van der Waals surface area contributed by atoms with E-state index < -0.39 is 17.9 Å². The molecule has 11 heteroatoms. The summed E-state index contributed by atoms with van der Waals surface area (Å²) in [6, 6.07) is 6.24. The summed E-state index contributed by atoms with van der Waals surface area (Å²) in [5.74, 6) is -1.76. The highest BCUT2D eigenvalue weighted by Crippen LogP contribution is 2.29. The molecule has 1 amide bonds. The highest BCUT2D eigenvalue weighted by atomic mass is 35.5. The Bertz CT molecular complexity index is 815. The molecule has 2 aromatic rings. The summed E-state index contributed by atoms with van der Waals surface area (Å²) < 4.78 is 38.6. The van der Waals surface area contributed by atoms with Gasteiger partial charge in [0.2, 0.25) is 11.7 Å². The smallest absolute Gasteiger partial charge is 0.325 e. The van der Waals surface area contributed by atoms with Crippen molar-refractivity contribution in [1.29, 1.82) is 5.26 Å². The number of hydrogen-bond acceptors (Lipinski definition) is 5. The van der Waals surface area contributed by atoms with Gasteiger partial charge in [0.05, 0.1) is 16.3 Å². The number of thioether (sulfide) groups is 1. The van der Waals surface area contributed by atoms with Crippen LogP contribution in [-0.4, -0.2) is 26.4 Å². The second kappa shape index (κ2) is 7.11. The highest BCUT2D eigenvalue weighted by Gasteiger charge is 2.37. The Hall–Kier alpha value is -2.25. The average molecular weight is 376 g/mol. The quantitative estimate of drug-likeness (QED) is 0.830. The first-order chi connectivity index (χ1) is 11.2. The number of alkyl halides is 3. The zero-order valence-electron chi connectivity index (χ0n) is 12.1. The zero-order chi connectivity index (χ0) is 17.9. The maximum absolute atomic E-state index is 12.6. The van der Waals surface area contributed by atoms with Crippen LogP contribution in [0.15, 0.2) is 23.4 Å². The van der Waals surface area contributed by atoms with E-state index in [0.717, 1.165) is 16.3 Å².